The molecule has 1 atom stereocenters. The molecule has 0 saturated heterocycles. The number of hydrogen-bond donors (Lipinski definition) is 1. The van der Waals surface area contributed by atoms with Crippen molar-refractivity contribution < 1.29 is 14.3 Å². The quantitative estimate of drug-likeness (QED) is 0.641. The zero-order chi connectivity index (χ0) is 20.0. The van der Waals surface area contributed by atoms with Crippen molar-refractivity contribution >= 4 is 40.5 Å². The molecule has 2 aromatic rings. The number of nitrogens with one attached hydrogen (secondary N) is 1. The van der Waals surface area contributed by atoms with Gasteiger partial charge in [0.25, 0.3) is 0 Å². The average Bonchev–Trinajstić information content (AvgIpc) is 3.11. The summed E-state index contributed by atoms with van der Waals surface area (Å²) in [6.45, 7) is 6.90. The Labute approximate surface area is 169 Å². The third-order valence-corrected chi connectivity index (χ3v) is 5.75. The highest BCUT2D eigenvalue weighted by atomic mass is 35.5. The van der Waals surface area contributed by atoms with Crippen LogP contribution < -0.4 is 5.32 Å². The van der Waals surface area contributed by atoms with E-state index in [4.69, 9.17) is 16.3 Å². The maximum Gasteiger partial charge on any atom is 0.348 e. The van der Waals surface area contributed by atoms with E-state index < -0.39 is 0 Å². The van der Waals surface area contributed by atoms with Crippen LogP contribution in [0.5, 0.6) is 0 Å². The Hall–Kier alpha value is -1.89. The zero-order valence-corrected chi connectivity index (χ0v) is 17.6. The second kappa shape index (κ2) is 9.88. The number of esters is 1. The molecule has 5 nitrogen and oxygen atoms in total. The highest BCUT2D eigenvalue weighted by Gasteiger charge is 2.19. The van der Waals surface area contributed by atoms with E-state index in [0.717, 1.165) is 17.5 Å². The molecule has 1 aromatic heterocycles. The van der Waals surface area contributed by atoms with Crippen molar-refractivity contribution in [2.45, 2.75) is 39.8 Å². The Morgan fingerprint density at radius 1 is 1.37 bits per heavy atom. The molecular formula is C20H25ClN2O3S. The van der Waals surface area contributed by atoms with Gasteiger partial charge in [-0.15, -0.1) is 11.3 Å². The first-order chi connectivity index (χ1) is 12.8. The van der Waals surface area contributed by atoms with Crippen molar-refractivity contribution in [2.24, 2.45) is 0 Å². The molecule has 0 aliphatic heterocycles. The molecule has 27 heavy (non-hydrogen) atoms. The number of benzene rings is 1. The molecule has 1 amide bonds. The summed E-state index contributed by atoms with van der Waals surface area (Å²) in [6, 6.07) is 7.56. The first-order valence-electron chi connectivity index (χ1n) is 8.80. The lowest BCUT2D eigenvalue weighted by Gasteiger charge is -2.27. The second-order valence-electron chi connectivity index (χ2n) is 6.45. The Morgan fingerprint density at radius 2 is 2.11 bits per heavy atom. The monoisotopic (exact) mass is 408 g/mol. The van der Waals surface area contributed by atoms with Crippen LogP contribution in [0.1, 0.15) is 41.1 Å². The lowest BCUT2D eigenvalue weighted by atomic mass is 10.1. The van der Waals surface area contributed by atoms with Gasteiger partial charge >= 0.3 is 5.97 Å². The van der Waals surface area contributed by atoms with Crippen LogP contribution in [0, 0.1) is 6.92 Å². The van der Waals surface area contributed by atoms with Gasteiger partial charge in [0.2, 0.25) is 5.91 Å². The normalized spacial score (nSPS) is 12.1. The molecule has 0 aliphatic carbocycles. The molecule has 0 bridgehead atoms. The summed E-state index contributed by atoms with van der Waals surface area (Å²) in [5.41, 5.74) is 2.56. The molecule has 2 rings (SSSR count). The van der Waals surface area contributed by atoms with Gasteiger partial charge in [-0.2, -0.15) is 0 Å². The Bertz CT molecular complexity index is 786. The Kier molecular flexibility index (Phi) is 7.83. The highest BCUT2D eigenvalue weighted by molar-refractivity contribution is 7.12. The number of rotatable bonds is 8. The van der Waals surface area contributed by atoms with E-state index in [2.05, 4.69) is 24.1 Å². The second-order valence-corrected chi connectivity index (χ2v) is 7.77. The van der Waals surface area contributed by atoms with Crippen molar-refractivity contribution in [3.8, 4) is 0 Å². The first-order valence-corrected chi connectivity index (χ1v) is 10.1. The topological polar surface area (TPSA) is 58.6 Å². The van der Waals surface area contributed by atoms with E-state index in [0.29, 0.717) is 22.1 Å². The minimum absolute atomic E-state index is 0.116. The Balaban J connectivity index is 2.09. The highest BCUT2D eigenvalue weighted by Crippen LogP contribution is 2.25. The molecule has 1 N–H and O–H groups in total. The van der Waals surface area contributed by atoms with Gasteiger partial charge in [0.15, 0.2) is 0 Å². The first kappa shape index (κ1) is 21.4. The van der Waals surface area contributed by atoms with Gasteiger partial charge in [0.05, 0.1) is 24.4 Å². The SMILES string of the molecule is CCC(C)N(CC(=O)Nc1c(C)cccc1Cl)Cc1csc(C(=O)OC)c1. The molecule has 1 heterocycles. The lowest BCUT2D eigenvalue weighted by Crippen LogP contribution is -2.38. The number of carbonyl (C=O) groups excluding carboxylic acids is 2. The summed E-state index contributed by atoms with van der Waals surface area (Å²) in [5, 5.41) is 5.38. The summed E-state index contributed by atoms with van der Waals surface area (Å²) in [6.07, 6.45) is 0.909. The van der Waals surface area contributed by atoms with Crippen LogP contribution in [0.25, 0.3) is 0 Å². The summed E-state index contributed by atoms with van der Waals surface area (Å²) in [5.74, 6) is -0.455. The van der Waals surface area contributed by atoms with Crippen LogP contribution in [-0.4, -0.2) is 36.5 Å². The Morgan fingerprint density at radius 3 is 2.74 bits per heavy atom. The summed E-state index contributed by atoms with van der Waals surface area (Å²) in [7, 11) is 1.37. The number of halogens is 1. The maximum atomic E-state index is 12.6. The summed E-state index contributed by atoms with van der Waals surface area (Å²) in [4.78, 5) is 26.9. The third-order valence-electron chi connectivity index (χ3n) is 4.47. The van der Waals surface area contributed by atoms with E-state index in [1.54, 1.807) is 6.07 Å². The van der Waals surface area contributed by atoms with Crippen LogP contribution >= 0.6 is 22.9 Å². The molecule has 0 saturated carbocycles. The number of ether oxygens (including phenoxy) is 1. The van der Waals surface area contributed by atoms with Crippen LogP contribution in [0.3, 0.4) is 0 Å². The summed E-state index contributed by atoms with van der Waals surface area (Å²) >= 11 is 7.55. The van der Waals surface area contributed by atoms with Gasteiger partial charge in [-0.25, -0.2) is 4.79 Å². The molecule has 0 radical (unpaired) electrons. The fraction of sp³-hybridized carbons (Fsp3) is 0.400. The average molecular weight is 409 g/mol. The van der Waals surface area contributed by atoms with Crippen LogP contribution in [-0.2, 0) is 16.1 Å². The number of para-hydroxylation sites is 1. The maximum absolute atomic E-state index is 12.6. The van der Waals surface area contributed by atoms with Crippen molar-refractivity contribution in [1.29, 1.82) is 0 Å². The molecule has 7 heteroatoms. The lowest BCUT2D eigenvalue weighted by molar-refractivity contribution is -0.118. The minimum atomic E-state index is -0.340. The number of nitrogens with zero attached hydrogens (tertiary/aromatic N) is 1. The number of aryl methyl sites for hydroxylation is 1. The smallest absolute Gasteiger partial charge is 0.348 e. The van der Waals surface area contributed by atoms with Gasteiger partial charge in [-0.1, -0.05) is 30.7 Å². The molecule has 146 valence electrons. The van der Waals surface area contributed by atoms with E-state index in [-0.39, 0.29) is 24.5 Å². The largest absolute Gasteiger partial charge is 0.465 e. The van der Waals surface area contributed by atoms with Gasteiger partial charge in [-0.3, -0.25) is 9.69 Å². The molecule has 0 aliphatic rings. The molecule has 0 spiro atoms. The van der Waals surface area contributed by atoms with Gasteiger partial charge < -0.3 is 10.1 Å². The number of amides is 1. The van der Waals surface area contributed by atoms with E-state index >= 15 is 0 Å². The van der Waals surface area contributed by atoms with Crippen LogP contribution in [0.4, 0.5) is 5.69 Å². The van der Waals surface area contributed by atoms with Crippen molar-refractivity contribution in [3.05, 3.63) is 50.7 Å². The minimum Gasteiger partial charge on any atom is -0.465 e. The summed E-state index contributed by atoms with van der Waals surface area (Å²) < 4.78 is 4.76. The van der Waals surface area contributed by atoms with E-state index in [1.807, 2.05) is 30.5 Å². The number of carbonyl (C=O) groups is 2. The van der Waals surface area contributed by atoms with Crippen molar-refractivity contribution in [3.63, 3.8) is 0 Å². The van der Waals surface area contributed by atoms with Crippen LogP contribution in [0.2, 0.25) is 5.02 Å². The zero-order valence-electron chi connectivity index (χ0n) is 16.0. The predicted octanol–water partition coefficient (Wildman–Crippen LogP) is 4.74. The van der Waals surface area contributed by atoms with Gasteiger partial charge in [0.1, 0.15) is 4.88 Å². The fourth-order valence-electron chi connectivity index (χ4n) is 2.68. The van der Waals surface area contributed by atoms with Gasteiger partial charge in [0, 0.05) is 12.6 Å². The number of methoxy groups -OCH3 is 1. The molecule has 0 fully saturated rings. The number of hydrogen-bond acceptors (Lipinski definition) is 5. The predicted molar refractivity (Wildman–Crippen MR) is 111 cm³/mol. The molecular weight excluding hydrogens is 384 g/mol. The number of anilines is 1. The third kappa shape index (κ3) is 5.79. The molecule has 1 unspecified atom stereocenters. The van der Waals surface area contributed by atoms with E-state index in [9.17, 15) is 9.59 Å². The van der Waals surface area contributed by atoms with Crippen molar-refractivity contribution in [1.82, 2.24) is 4.90 Å². The number of thiophene rings is 1. The van der Waals surface area contributed by atoms with E-state index in [1.165, 1.54) is 18.4 Å². The van der Waals surface area contributed by atoms with Crippen LogP contribution in [0.15, 0.2) is 29.6 Å². The molecule has 1 aromatic carbocycles. The fourth-order valence-corrected chi connectivity index (χ4v) is 3.77. The standard InChI is InChI=1S/C20H25ClN2O3S/c1-5-14(3)23(10-15-9-17(27-12-15)20(25)26-4)11-18(24)22-19-13(2)7-6-8-16(19)21/h6-9,12,14H,5,10-11H2,1-4H3,(H,22,24). The van der Waals surface area contributed by atoms with Crippen molar-refractivity contribution in [2.75, 3.05) is 19.0 Å². The van der Waals surface area contributed by atoms with Gasteiger partial charge in [-0.05, 0) is 48.9 Å².